The van der Waals surface area contributed by atoms with Crippen LogP contribution in [0.25, 0.3) is 0 Å². The first-order valence-electron chi connectivity index (χ1n) is 12.7. The number of nitrogen functional groups attached to an aromatic ring is 1. The van der Waals surface area contributed by atoms with Gasteiger partial charge in [0.1, 0.15) is 18.2 Å². The van der Waals surface area contributed by atoms with Gasteiger partial charge in [0, 0.05) is 24.2 Å². The number of hydrogen-bond acceptors (Lipinski definition) is 8. The molecule has 1 heterocycles. The van der Waals surface area contributed by atoms with E-state index < -0.39 is 42.3 Å². The lowest BCUT2D eigenvalue weighted by Gasteiger charge is -2.22. The molecule has 0 aliphatic carbocycles. The van der Waals surface area contributed by atoms with E-state index in [4.69, 9.17) is 26.8 Å². The molecule has 0 spiro atoms. The predicted molar refractivity (Wildman–Crippen MR) is 152 cm³/mol. The first kappa shape index (κ1) is 31.9. The number of benzene rings is 3. The highest BCUT2D eigenvalue weighted by molar-refractivity contribution is 6.30. The van der Waals surface area contributed by atoms with E-state index in [0.717, 1.165) is 30.2 Å². The van der Waals surface area contributed by atoms with Crippen LogP contribution in [0.2, 0.25) is 5.02 Å². The van der Waals surface area contributed by atoms with E-state index in [1.807, 2.05) is 0 Å². The van der Waals surface area contributed by atoms with Crippen LogP contribution in [-0.2, 0) is 22.6 Å². The summed E-state index contributed by atoms with van der Waals surface area (Å²) in [7, 11) is 2.36. The highest BCUT2D eigenvalue weighted by Crippen LogP contribution is 2.35. The van der Waals surface area contributed by atoms with Crippen LogP contribution in [0.3, 0.4) is 0 Å². The summed E-state index contributed by atoms with van der Waals surface area (Å²) in [6.07, 6.45) is -0.456. The smallest absolute Gasteiger partial charge is 0.387 e. The summed E-state index contributed by atoms with van der Waals surface area (Å²) in [5.74, 6) is -3.34. The molecule has 0 saturated heterocycles. The third-order valence-corrected chi connectivity index (χ3v) is 6.37. The second-order valence-corrected chi connectivity index (χ2v) is 9.53. The number of nitrogens with zero attached hydrogens (tertiary/aromatic N) is 2. The van der Waals surface area contributed by atoms with Crippen LogP contribution in [0.1, 0.15) is 21.6 Å². The molecule has 4 aromatic rings. The third-order valence-electron chi connectivity index (χ3n) is 6.13. The summed E-state index contributed by atoms with van der Waals surface area (Å²) in [5.41, 5.74) is 5.68. The molecule has 0 bridgehead atoms. The quantitative estimate of drug-likeness (QED) is 0.112. The number of carbonyl (C=O) groups is 2. The Morgan fingerprint density at radius 3 is 2.45 bits per heavy atom. The number of anilines is 2. The molecular formula is C30H24ClF4N3O6. The van der Waals surface area contributed by atoms with E-state index in [9.17, 15) is 22.8 Å². The molecule has 9 nitrogen and oxygen atoms in total. The summed E-state index contributed by atoms with van der Waals surface area (Å²) >= 11 is 5.75. The maximum absolute atomic E-state index is 15.0. The lowest BCUT2D eigenvalue weighted by atomic mass is 10.1. The van der Waals surface area contributed by atoms with Crippen LogP contribution in [0.4, 0.5) is 28.9 Å². The van der Waals surface area contributed by atoms with Crippen molar-refractivity contribution in [3.8, 4) is 23.1 Å². The number of hydrogen-bond donors (Lipinski definition) is 1. The Morgan fingerprint density at radius 1 is 1.00 bits per heavy atom. The van der Waals surface area contributed by atoms with Crippen LogP contribution in [-0.4, -0.2) is 37.6 Å². The monoisotopic (exact) mass is 633 g/mol. The minimum Gasteiger partial charge on any atom is -0.484 e. The fraction of sp³-hybridized carbons (Fsp3) is 0.167. The van der Waals surface area contributed by atoms with Crippen LogP contribution in [0, 0.1) is 11.6 Å². The maximum Gasteiger partial charge on any atom is 0.387 e. The topological polar surface area (TPSA) is 113 Å². The molecule has 2 N–H and O–H groups in total. The Labute approximate surface area is 253 Å². The van der Waals surface area contributed by atoms with Crippen LogP contribution in [0.15, 0.2) is 66.7 Å². The number of amides is 1. The zero-order valence-electron chi connectivity index (χ0n) is 23.2. The number of likely N-dealkylation sites (N-methyl/N-ethyl adjacent to an activating group) is 1. The van der Waals surface area contributed by atoms with Crippen molar-refractivity contribution in [1.29, 1.82) is 0 Å². The maximum atomic E-state index is 15.0. The molecule has 4 rings (SSSR count). The molecule has 44 heavy (non-hydrogen) atoms. The third kappa shape index (κ3) is 7.86. The van der Waals surface area contributed by atoms with Gasteiger partial charge in [-0.2, -0.15) is 8.78 Å². The standard InChI is InChI=1S/C30H24ClF4N3O6/c1-38(23-10-17(29(40)41-2)11-25(28(23)36)44-30(34)35)27(39)12-16-6-8-20(14-21(16)32)43-26-5-3-4-19(37-26)15-42-24-9-7-18(31)13-22(24)33/h3-11,13-14,30H,12,15,36H2,1-2H3. The number of ether oxygens (including phenoxy) is 4. The zero-order valence-corrected chi connectivity index (χ0v) is 23.9. The van der Waals surface area contributed by atoms with Crippen molar-refractivity contribution in [2.24, 2.45) is 0 Å². The molecule has 3 aromatic carbocycles. The van der Waals surface area contributed by atoms with Gasteiger partial charge in [0.2, 0.25) is 11.8 Å². The van der Waals surface area contributed by atoms with E-state index >= 15 is 4.39 Å². The summed E-state index contributed by atoms with van der Waals surface area (Å²) in [4.78, 5) is 30.3. The van der Waals surface area contributed by atoms with Crippen molar-refractivity contribution < 1.29 is 46.1 Å². The summed E-state index contributed by atoms with van der Waals surface area (Å²) in [5, 5.41) is 0.226. The minimum absolute atomic E-state index is 0.0128. The molecule has 0 aliphatic rings. The molecule has 0 aliphatic heterocycles. The van der Waals surface area contributed by atoms with E-state index in [-0.39, 0.29) is 51.5 Å². The minimum atomic E-state index is -3.25. The van der Waals surface area contributed by atoms with Gasteiger partial charge in [-0.1, -0.05) is 23.7 Å². The number of rotatable bonds is 11. The number of alkyl halides is 2. The number of esters is 1. The van der Waals surface area contributed by atoms with Crippen molar-refractivity contribution in [2.75, 3.05) is 24.8 Å². The summed E-state index contributed by atoms with van der Waals surface area (Å²) in [6, 6.07) is 14.7. The SMILES string of the molecule is COC(=O)c1cc(OC(F)F)c(N)c(N(C)C(=O)Cc2ccc(Oc3cccc(COc4ccc(Cl)cc4F)n3)cc2F)c1. The number of carbonyl (C=O) groups excluding carboxylic acids is 2. The van der Waals surface area contributed by atoms with Gasteiger partial charge < -0.3 is 29.6 Å². The molecule has 1 aromatic heterocycles. The molecule has 0 unspecified atom stereocenters. The molecule has 0 atom stereocenters. The highest BCUT2D eigenvalue weighted by Gasteiger charge is 2.23. The van der Waals surface area contributed by atoms with Gasteiger partial charge in [-0.25, -0.2) is 18.6 Å². The second kappa shape index (κ2) is 14.0. The van der Waals surface area contributed by atoms with Gasteiger partial charge >= 0.3 is 12.6 Å². The Morgan fingerprint density at radius 2 is 1.77 bits per heavy atom. The van der Waals surface area contributed by atoms with Crippen molar-refractivity contribution in [3.63, 3.8) is 0 Å². The molecule has 230 valence electrons. The lowest BCUT2D eigenvalue weighted by molar-refractivity contribution is -0.117. The van der Waals surface area contributed by atoms with E-state index in [1.165, 1.54) is 43.4 Å². The van der Waals surface area contributed by atoms with Gasteiger partial charge in [0.15, 0.2) is 17.3 Å². The number of pyridine rings is 1. The summed E-state index contributed by atoms with van der Waals surface area (Å²) < 4.78 is 74.9. The van der Waals surface area contributed by atoms with E-state index in [0.29, 0.717) is 5.69 Å². The van der Waals surface area contributed by atoms with E-state index in [1.54, 1.807) is 12.1 Å². The Hall–Kier alpha value is -5.04. The molecule has 0 fully saturated rings. The molecular weight excluding hydrogens is 610 g/mol. The Kier molecular flexibility index (Phi) is 10.1. The molecule has 0 radical (unpaired) electrons. The van der Waals surface area contributed by atoms with Gasteiger partial charge in [-0.15, -0.1) is 0 Å². The average Bonchev–Trinajstić information content (AvgIpc) is 2.98. The number of aromatic nitrogens is 1. The Balaban J connectivity index is 1.45. The van der Waals surface area contributed by atoms with Gasteiger partial charge in [0.05, 0.1) is 36.2 Å². The first-order valence-corrected chi connectivity index (χ1v) is 13.1. The fourth-order valence-electron chi connectivity index (χ4n) is 3.93. The molecule has 1 amide bonds. The van der Waals surface area contributed by atoms with E-state index in [2.05, 4.69) is 14.5 Å². The van der Waals surface area contributed by atoms with Crippen LogP contribution in [0.5, 0.6) is 23.1 Å². The van der Waals surface area contributed by atoms with Gasteiger partial charge in [-0.3, -0.25) is 4.79 Å². The summed E-state index contributed by atoms with van der Waals surface area (Å²) in [6.45, 7) is -3.33. The van der Waals surface area contributed by atoms with Gasteiger partial charge in [-0.05, 0) is 48.0 Å². The predicted octanol–water partition coefficient (Wildman–Crippen LogP) is 6.56. The van der Waals surface area contributed by atoms with Crippen LogP contribution >= 0.6 is 11.6 Å². The lowest BCUT2D eigenvalue weighted by Crippen LogP contribution is -2.29. The molecule has 0 saturated carbocycles. The second-order valence-electron chi connectivity index (χ2n) is 9.09. The average molecular weight is 634 g/mol. The first-order chi connectivity index (χ1) is 20.9. The fourth-order valence-corrected chi connectivity index (χ4v) is 4.09. The van der Waals surface area contributed by atoms with Gasteiger partial charge in [0.25, 0.3) is 0 Å². The van der Waals surface area contributed by atoms with Crippen molar-refractivity contribution in [1.82, 2.24) is 4.98 Å². The normalized spacial score (nSPS) is 10.8. The largest absolute Gasteiger partial charge is 0.484 e. The van der Waals surface area contributed by atoms with Crippen LogP contribution < -0.4 is 24.8 Å². The highest BCUT2D eigenvalue weighted by atomic mass is 35.5. The van der Waals surface area contributed by atoms with Crippen molar-refractivity contribution >= 4 is 34.9 Å². The molecule has 14 heteroatoms. The van der Waals surface area contributed by atoms with Crippen molar-refractivity contribution in [2.45, 2.75) is 19.6 Å². The number of methoxy groups -OCH3 is 1. The Bertz CT molecular complexity index is 1690. The number of halogens is 5. The number of nitrogens with two attached hydrogens (primary N) is 1. The zero-order chi connectivity index (χ0) is 32.0. The van der Waals surface area contributed by atoms with Crippen molar-refractivity contribution in [3.05, 3.63) is 100 Å².